The number of hydrogen-bond acceptors (Lipinski definition) is 4. The average Bonchev–Trinajstić information content (AvgIpc) is 3.04. The topological polar surface area (TPSA) is 47.3 Å². The molecule has 3 rings (SSSR count). The van der Waals surface area contributed by atoms with E-state index in [9.17, 15) is 0 Å². The van der Waals surface area contributed by atoms with Crippen LogP contribution < -0.4 is 16.0 Å². The van der Waals surface area contributed by atoms with Crippen molar-refractivity contribution in [3.05, 3.63) is 50.2 Å². The lowest BCUT2D eigenvalue weighted by Gasteiger charge is -2.19. The number of aryl methyl sites for hydroxylation is 4. The van der Waals surface area contributed by atoms with Crippen LogP contribution in [0, 0.1) is 13.8 Å². The molecule has 3 nitrogen and oxygen atoms in total. The van der Waals surface area contributed by atoms with E-state index in [0.717, 1.165) is 11.3 Å². The second kappa shape index (κ2) is 5.79. The molecular formula is C17H22N2OS. The summed E-state index contributed by atoms with van der Waals surface area (Å²) < 4.78 is 5.40. The summed E-state index contributed by atoms with van der Waals surface area (Å²) in [5, 5.41) is 0. The fraction of sp³-hybridized carbons (Fsp3) is 0.412. The van der Waals surface area contributed by atoms with Crippen LogP contribution in [-0.4, -0.2) is 7.11 Å². The summed E-state index contributed by atoms with van der Waals surface area (Å²) in [5.74, 6) is 6.80. The second-order valence-electron chi connectivity index (χ2n) is 5.73. The highest BCUT2D eigenvalue weighted by molar-refractivity contribution is 7.12. The van der Waals surface area contributed by atoms with Gasteiger partial charge in [0, 0.05) is 9.75 Å². The first kappa shape index (κ1) is 14.6. The van der Waals surface area contributed by atoms with Crippen molar-refractivity contribution in [2.75, 3.05) is 7.11 Å². The molecule has 1 heterocycles. The Morgan fingerprint density at radius 2 is 2.00 bits per heavy atom. The summed E-state index contributed by atoms with van der Waals surface area (Å²) in [6.45, 7) is 4.19. The molecule has 1 unspecified atom stereocenters. The van der Waals surface area contributed by atoms with Crippen molar-refractivity contribution in [3.63, 3.8) is 0 Å². The van der Waals surface area contributed by atoms with E-state index in [1.54, 1.807) is 7.11 Å². The Kier molecular flexibility index (Phi) is 4.02. The number of benzene rings is 1. The zero-order valence-electron chi connectivity index (χ0n) is 12.8. The summed E-state index contributed by atoms with van der Waals surface area (Å²) in [4.78, 5) is 2.85. The van der Waals surface area contributed by atoms with Gasteiger partial charge in [-0.15, -0.1) is 11.3 Å². The van der Waals surface area contributed by atoms with Crippen LogP contribution >= 0.6 is 11.3 Å². The zero-order chi connectivity index (χ0) is 15.0. The number of nitrogens with two attached hydrogens (primary N) is 1. The van der Waals surface area contributed by atoms with Crippen LogP contribution in [0.1, 0.15) is 44.5 Å². The van der Waals surface area contributed by atoms with Gasteiger partial charge >= 0.3 is 0 Å². The minimum atomic E-state index is 0.0604. The molecule has 0 amide bonds. The summed E-state index contributed by atoms with van der Waals surface area (Å²) in [5.41, 5.74) is 8.09. The molecule has 0 aliphatic heterocycles. The van der Waals surface area contributed by atoms with Gasteiger partial charge in [-0.2, -0.15) is 0 Å². The number of methoxy groups -OCH3 is 1. The maximum atomic E-state index is 5.87. The van der Waals surface area contributed by atoms with E-state index < -0.39 is 0 Å². The highest BCUT2D eigenvalue weighted by atomic mass is 32.1. The van der Waals surface area contributed by atoms with E-state index >= 15 is 0 Å². The van der Waals surface area contributed by atoms with Gasteiger partial charge in [-0.1, -0.05) is 6.07 Å². The van der Waals surface area contributed by atoms with Gasteiger partial charge in [0.15, 0.2) is 0 Å². The minimum Gasteiger partial charge on any atom is -0.496 e. The maximum absolute atomic E-state index is 5.87. The molecule has 1 aliphatic rings. The first-order valence-corrected chi connectivity index (χ1v) is 8.18. The Bertz CT molecular complexity index is 642. The van der Waals surface area contributed by atoms with Crippen LogP contribution in [0.3, 0.4) is 0 Å². The van der Waals surface area contributed by atoms with Crippen LogP contribution in [0.2, 0.25) is 0 Å². The van der Waals surface area contributed by atoms with Crippen molar-refractivity contribution in [1.82, 2.24) is 5.43 Å². The van der Waals surface area contributed by atoms with Crippen LogP contribution in [0.25, 0.3) is 0 Å². The van der Waals surface area contributed by atoms with E-state index in [2.05, 4.69) is 37.5 Å². The van der Waals surface area contributed by atoms with Gasteiger partial charge in [0.2, 0.25) is 0 Å². The fourth-order valence-electron chi connectivity index (χ4n) is 3.16. The largest absolute Gasteiger partial charge is 0.496 e. The summed E-state index contributed by atoms with van der Waals surface area (Å²) >= 11 is 1.90. The lowest BCUT2D eigenvalue weighted by molar-refractivity contribution is 0.411. The zero-order valence-corrected chi connectivity index (χ0v) is 13.6. The molecule has 1 atom stereocenters. The molecular weight excluding hydrogens is 280 g/mol. The standard InChI is InChI=1S/C17H22N2OS/c1-10-8-14(20-3)11(2)7-13(10)17(19-18)16-9-12-5-4-6-15(12)21-16/h7-9,17,19H,4-6,18H2,1-3H3. The number of thiophene rings is 1. The predicted octanol–water partition coefficient (Wildman–Crippen LogP) is 3.41. The van der Waals surface area contributed by atoms with Gasteiger partial charge in [0.1, 0.15) is 5.75 Å². The quantitative estimate of drug-likeness (QED) is 0.672. The van der Waals surface area contributed by atoms with E-state index in [1.165, 1.54) is 45.7 Å². The van der Waals surface area contributed by atoms with Gasteiger partial charge < -0.3 is 4.74 Å². The smallest absolute Gasteiger partial charge is 0.122 e. The van der Waals surface area contributed by atoms with Crippen LogP contribution in [-0.2, 0) is 12.8 Å². The van der Waals surface area contributed by atoms with Gasteiger partial charge in [-0.05, 0) is 67.5 Å². The predicted molar refractivity (Wildman–Crippen MR) is 88.0 cm³/mol. The monoisotopic (exact) mass is 302 g/mol. The van der Waals surface area contributed by atoms with E-state index in [4.69, 9.17) is 10.6 Å². The van der Waals surface area contributed by atoms with Gasteiger partial charge in [0.25, 0.3) is 0 Å². The van der Waals surface area contributed by atoms with Gasteiger partial charge in [-0.25, -0.2) is 5.43 Å². The minimum absolute atomic E-state index is 0.0604. The Balaban J connectivity index is 2.01. The number of hydrazine groups is 1. The highest BCUT2D eigenvalue weighted by Gasteiger charge is 2.22. The maximum Gasteiger partial charge on any atom is 0.122 e. The second-order valence-corrected chi connectivity index (χ2v) is 6.90. The van der Waals surface area contributed by atoms with Crippen molar-refractivity contribution in [1.29, 1.82) is 0 Å². The number of ether oxygens (including phenoxy) is 1. The molecule has 0 radical (unpaired) electrons. The molecule has 2 aromatic rings. The number of nitrogens with one attached hydrogen (secondary N) is 1. The Morgan fingerprint density at radius 1 is 1.19 bits per heavy atom. The molecule has 1 aliphatic carbocycles. The average molecular weight is 302 g/mol. The number of fused-ring (bicyclic) bond motifs is 1. The van der Waals surface area contributed by atoms with Crippen molar-refractivity contribution >= 4 is 11.3 Å². The van der Waals surface area contributed by atoms with Crippen LogP contribution in [0.5, 0.6) is 5.75 Å². The SMILES string of the molecule is COc1cc(C)c(C(NN)c2cc3c(s2)CCC3)cc1C. The lowest BCUT2D eigenvalue weighted by Crippen LogP contribution is -2.28. The fourth-order valence-corrected chi connectivity index (χ4v) is 4.50. The van der Waals surface area contributed by atoms with Crippen LogP contribution in [0.15, 0.2) is 18.2 Å². The van der Waals surface area contributed by atoms with Gasteiger partial charge in [-0.3, -0.25) is 5.84 Å². The third-order valence-electron chi connectivity index (χ3n) is 4.31. The summed E-state index contributed by atoms with van der Waals surface area (Å²) in [6.07, 6.45) is 3.73. The first-order chi connectivity index (χ1) is 10.1. The molecule has 1 aromatic carbocycles. The normalized spacial score (nSPS) is 15.0. The lowest BCUT2D eigenvalue weighted by atomic mass is 9.97. The molecule has 112 valence electrons. The van der Waals surface area contributed by atoms with Crippen molar-refractivity contribution in [2.24, 2.45) is 5.84 Å². The summed E-state index contributed by atoms with van der Waals surface area (Å²) in [6, 6.07) is 6.67. The molecule has 1 aromatic heterocycles. The van der Waals surface area contributed by atoms with Crippen molar-refractivity contribution in [3.8, 4) is 5.75 Å². The Morgan fingerprint density at radius 3 is 2.67 bits per heavy atom. The van der Waals surface area contributed by atoms with E-state index in [1.807, 2.05) is 11.3 Å². The van der Waals surface area contributed by atoms with E-state index in [-0.39, 0.29) is 6.04 Å². The summed E-state index contributed by atoms with van der Waals surface area (Å²) in [7, 11) is 1.71. The Labute approximate surface area is 130 Å². The molecule has 21 heavy (non-hydrogen) atoms. The number of rotatable bonds is 4. The molecule has 0 spiro atoms. The van der Waals surface area contributed by atoms with Crippen LogP contribution in [0.4, 0.5) is 0 Å². The molecule has 3 N–H and O–H groups in total. The van der Waals surface area contributed by atoms with E-state index in [0.29, 0.717) is 0 Å². The van der Waals surface area contributed by atoms with Crippen molar-refractivity contribution < 1.29 is 4.74 Å². The third-order valence-corrected chi connectivity index (χ3v) is 5.61. The number of hydrogen-bond donors (Lipinski definition) is 2. The third kappa shape index (κ3) is 2.59. The van der Waals surface area contributed by atoms with Crippen molar-refractivity contribution in [2.45, 2.75) is 39.2 Å². The molecule has 0 bridgehead atoms. The first-order valence-electron chi connectivity index (χ1n) is 7.36. The molecule has 0 saturated heterocycles. The highest BCUT2D eigenvalue weighted by Crippen LogP contribution is 2.37. The molecule has 0 saturated carbocycles. The molecule has 4 heteroatoms. The Hall–Kier alpha value is -1.36. The van der Waals surface area contributed by atoms with Gasteiger partial charge in [0.05, 0.1) is 13.2 Å². The molecule has 0 fully saturated rings.